The van der Waals surface area contributed by atoms with Gasteiger partial charge in [0.2, 0.25) is 0 Å². The third kappa shape index (κ3) is 3.19. The SMILES string of the molecule is CCOc1cc(Nc2ccc(Br)c(F)c2)c(N)cc1F. The molecule has 2 rings (SSSR count). The van der Waals surface area contributed by atoms with E-state index in [4.69, 9.17) is 10.5 Å². The third-order valence-electron chi connectivity index (χ3n) is 2.60. The number of benzene rings is 2. The Labute approximate surface area is 123 Å². The van der Waals surface area contributed by atoms with Gasteiger partial charge in [0.25, 0.3) is 0 Å². The van der Waals surface area contributed by atoms with Gasteiger partial charge in [0.15, 0.2) is 11.6 Å². The van der Waals surface area contributed by atoms with E-state index in [0.717, 1.165) is 0 Å². The molecule has 0 fully saturated rings. The molecule has 2 aromatic rings. The lowest BCUT2D eigenvalue weighted by atomic mass is 10.2. The minimum atomic E-state index is -0.531. The maximum absolute atomic E-state index is 13.6. The average Bonchev–Trinajstić information content (AvgIpc) is 2.39. The molecule has 0 aromatic heterocycles. The number of hydrogen-bond donors (Lipinski definition) is 2. The molecule has 0 spiro atoms. The molecule has 20 heavy (non-hydrogen) atoms. The van der Waals surface area contributed by atoms with Crippen molar-refractivity contribution in [2.75, 3.05) is 17.7 Å². The number of nitrogen functional groups attached to an aromatic ring is 1. The molecule has 0 aliphatic heterocycles. The van der Waals surface area contributed by atoms with Crippen LogP contribution < -0.4 is 15.8 Å². The molecule has 106 valence electrons. The van der Waals surface area contributed by atoms with Gasteiger partial charge in [0.05, 0.1) is 22.5 Å². The fraction of sp³-hybridized carbons (Fsp3) is 0.143. The van der Waals surface area contributed by atoms with Crippen molar-refractivity contribution >= 4 is 33.0 Å². The minimum absolute atomic E-state index is 0.0989. The lowest BCUT2D eigenvalue weighted by Gasteiger charge is -2.13. The maximum atomic E-state index is 13.6. The molecular formula is C14H13BrF2N2O. The van der Waals surface area contributed by atoms with Crippen molar-refractivity contribution in [2.24, 2.45) is 0 Å². The van der Waals surface area contributed by atoms with Crippen LogP contribution in [0.2, 0.25) is 0 Å². The van der Waals surface area contributed by atoms with Gasteiger partial charge >= 0.3 is 0 Å². The average molecular weight is 343 g/mol. The summed E-state index contributed by atoms with van der Waals surface area (Å²) < 4.78 is 32.5. The molecule has 0 aliphatic rings. The van der Waals surface area contributed by atoms with E-state index in [2.05, 4.69) is 21.2 Å². The molecule has 0 amide bonds. The van der Waals surface area contributed by atoms with E-state index in [1.807, 2.05) is 0 Å². The smallest absolute Gasteiger partial charge is 0.167 e. The van der Waals surface area contributed by atoms with E-state index < -0.39 is 11.6 Å². The van der Waals surface area contributed by atoms with Gasteiger partial charge in [-0.05, 0) is 41.1 Å². The van der Waals surface area contributed by atoms with E-state index in [1.165, 1.54) is 18.2 Å². The van der Waals surface area contributed by atoms with Crippen LogP contribution in [0.4, 0.5) is 25.8 Å². The number of anilines is 3. The second-order valence-corrected chi connectivity index (χ2v) is 4.91. The van der Waals surface area contributed by atoms with Gasteiger partial charge in [-0.25, -0.2) is 8.78 Å². The normalized spacial score (nSPS) is 10.4. The number of halogens is 3. The zero-order valence-electron chi connectivity index (χ0n) is 10.7. The Morgan fingerprint density at radius 2 is 1.95 bits per heavy atom. The summed E-state index contributed by atoms with van der Waals surface area (Å²) in [6, 6.07) is 7.18. The summed E-state index contributed by atoms with van der Waals surface area (Å²) in [6.07, 6.45) is 0. The molecule has 0 atom stereocenters. The van der Waals surface area contributed by atoms with Crippen molar-refractivity contribution in [1.29, 1.82) is 0 Å². The first-order valence-electron chi connectivity index (χ1n) is 5.95. The summed E-state index contributed by atoms with van der Waals surface area (Å²) in [5.41, 5.74) is 6.92. The zero-order chi connectivity index (χ0) is 14.7. The molecule has 0 saturated heterocycles. The largest absolute Gasteiger partial charge is 0.491 e. The highest BCUT2D eigenvalue weighted by atomic mass is 79.9. The minimum Gasteiger partial charge on any atom is -0.491 e. The fourth-order valence-electron chi connectivity index (χ4n) is 1.67. The van der Waals surface area contributed by atoms with Crippen molar-refractivity contribution in [1.82, 2.24) is 0 Å². The first-order valence-corrected chi connectivity index (χ1v) is 6.74. The van der Waals surface area contributed by atoms with Crippen molar-refractivity contribution in [2.45, 2.75) is 6.92 Å². The van der Waals surface area contributed by atoms with E-state index in [1.54, 1.807) is 19.1 Å². The lowest BCUT2D eigenvalue weighted by molar-refractivity contribution is 0.322. The van der Waals surface area contributed by atoms with Gasteiger partial charge in [-0.3, -0.25) is 0 Å². The quantitative estimate of drug-likeness (QED) is 0.807. The van der Waals surface area contributed by atoms with Gasteiger partial charge < -0.3 is 15.8 Å². The van der Waals surface area contributed by atoms with Gasteiger partial charge in [-0.1, -0.05) is 0 Å². The Bertz CT molecular complexity index is 635. The number of nitrogens with two attached hydrogens (primary N) is 1. The first-order chi connectivity index (χ1) is 9.51. The summed E-state index contributed by atoms with van der Waals surface area (Å²) in [6.45, 7) is 2.10. The van der Waals surface area contributed by atoms with Crippen LogP contribution in [0.25, 0.3) is 0 Å². The Balaban J connectivity index is 2.32. The van der Waals surface area contributed by atoms with E-state index >= 15 is 0 Å². The number of ether oxygens (including phenoxy) is 1. The Morgan fingerprint density at radius 1 is 1.20 bits per heavy atom. The number of hydrogen-bond acceptors (Lipinski definition) is 3. The molecule has 0 bridgehead atoms. The van der Waals surface area contributed by atoms with Crippen LogP contribution in [0.15, 0.2) is 34.8 Å². The second kappa shape index (κ2) is 6.09. The van der Waals surface area contributed by atoms with Crippen molar-refractivity contribution in [3.63, 3.8) is 0 Å². The third-order valence-corrected chi connectivity index (χ3v) is 3.25. The van der Waals surface area contributed by atoms with Crippen LogP contribution >= 0.6 is 15.9 Å². The highest BCUT2D eigenvalue weighted by molar-refractivity contribution is 9.10. The van der Waals surface area contributed by atoms with Crippen molar-refractivity contribution in [3.05, 3.63) is 46.4 Å². The predicted molar refractivity (Wildman–Crippen MR) is 79.4 cm³/mol. The standard InChI is InChI=1S/C14H13BrF2N2O/c1-2-20-14-7-13(12(18)6-11(14)17)19-8-3-4-9(15)10(16)5-8/h3-7,19H,2,18H2,1H3. The molecule has 0 unspecified atom stereocenters. The fourth-order valence-corrected chi connectivity index (χ4v) is 1.92. The maximum Gasteiger partial charge on any atom is 0.167 e. The molecule has 3 N–H and O–H groups in total. The molecule has 0 saturated carbocycles. The molecule has 0 aliphatic carbocycles. The molecule has 2 aromatic carbocycles. The van der Waals surface area contributed by atoms with Crippen LogP contribution in [-0.4, -0.2) is 6.61 Å². The van der Waals surface area contributed by atoms with Crippen molar-refractivity contribution in [3.8, 4) is 5.75 Å². The molecule has 0 radical (unpaired) electrons. The molecule has 3 nitrogen and oxygen atoms in total. The second-order valence-electron chi connectivity index (χ2n) is 4.06. The van der Waals surface area contributed by atoms with Crippen LogP contribution in [0, 0.1) is 11.6 Å². The topological polar surface area (TPSA) is 47.3 Å². The van der Waals surface area contributed by atoms with E-state index in [-0.39, 0.29) is 11.4 Å². The number of rotatable bonds is 4. The summed E-state index contributed by atoms with van der Waals surface area (Å²) >= 11 is 3.07. The predicted octanol–water partition coefficient (Wildman–Crippen LogP) is 4.45. The van der Waals surface area contributed by atoms with Gasteiger partial charge in [0.1, 0.15) is 5.82 Å². The Kier molecular flexibility index (Phi) is 4.44. The highest BCUT2D eigenvalue weighted by Crippen LogP contribution is 2.31. The van der Waals surface area contributed by atoms with Crippen molar-refractivity contribution < 1.29 is 13.5 Å². The van der Waals surface area contributed by atoms with E-state index in [0.29, 0.717) is 22.5 Å². The summed E-state index contributed by atoms with van der Waals surface area (Å²) in [5.74, 6) is -0.834. The summed E-state index contributed by atoms with van der Waals surface area (Å²) in [4.78, 5) is 0. The molecule has 0 heterocycles. The summed E-state index contributed by atoms with van der Waals surface area (Å²) in [7, 11) is 0. The molecule has 6 heteroatoms. The van der Waals surface area contributed by atoms with Crippen LogP contribution in [0.1, 0.15) is 6.92 Å². The number of nitrogens with one attached hydrogen (secondary N) is 1. The van der Waals surface area contributed by atoms with E-state index in [9.17, 15) is 8.78 Å². The Morgan fingerprint density at radius 3 is 2.60 bits per heavy atom. The first kappa shape index (κ1) is 14.6. The highest BCUT2D eigenvalue weighted by Gasteiger charge is 2.10. The Hall–Kier alpha value is -1.82. The van der Waals surface area contributed by atoms with Crippen LogP contribution in [0.3, 0.4) is 0 Å². The van der Waals surface area contributed by atoms with Crippen LogP contribution in [-0.2, 0) is 0 Å². The van der Waals surface area contributed by atoms with Crippen LogP contribution in [0.5, 0.6) is 5.75 Å². The van der Waals surface area contributed by atoms with Gasteiger partial charge in [-0.15, -0.1) is 0 Å². The van der Waals surface area contributed by atoms with Gasteiger partial charge in [-0.2, -0.15) is 0 Å². The summed E-state index contributed by atoms with van der Waals surface area (Å²) in [5, 5.41) is 2.93. The van der Waals surface area contributed by atoms with Gasteiger partial charge in [0, 0.05) is 17.8 Å². The zero-order valence-corrected chi connectivity index (χ0v) is 12.3. The monoisotopic (exact) mass is 342 g/mol. The molecular weight excluding hydrogens is 330 g/mol. The lowest BCUT2D eigenvalue weighted by Crippen LogP contribution is -2.01.